The molecule has 0 aliphatic heterocycles. The summed E-state index contributed by atoms with van der Waals surface area (Å²) < 4.78 is 10.1. The van der Waals surface area contributed by atoms with Crippen LogP contribution in [-0.2, 0) is 16.0 Å². The van der Waals surface area contributed by atoms with Crippen molar-refractivity contribution >= 4 is 11.9 Å². The highest BCUT2D eigenvalue weighted by molar-refractivity contribution is 5.91. The summed E-state index contributed by atoms with van der Waals surface area (Å²) in [6.07, 6.45) is 0.975. The second kappa shape index (κ2) is 8.87. The molecule has 0 saturated heterocycles. The van der Waals surface area contributed by atoms with Crippen molar-refractivity contribution in [2.24, 2.45) is 0 Å². The van der Waals surface area contributed by atoms with Gasteiger partial charge < -0.3 is 14.8 Å². The molecule has 1 amide bonds. The molecule has 0 spiro atoms. The van der Waals surface area contributed by atoms with Crippen LogP contribution in [0.5, 0.6) is 5.75 Å². The van der Waals surface area contributed by atoms with Crippen molar-refractivity contribution in [2.75, 3.05) is 13.7 Å². The third kappa shape index (κ3) is 5.35. The van der Waals surface area contributed by atoms with Crippen molar-refractivity contribution in [1.82, 2.24) is 5.32 Å². The molecule has 0 aliphatic rings. The molecule has 132 valence electrons. The molecule has 25 heavy (non-hydrogen) atoms. The molecule has 0 radical (unpaired) electrons. The maximum Gasteiger partial charge on any atom is 0.338 e. The van der Waals surface area contributed by atoms with Gasteiger partial charge in [0.1, 0.15) is 5.75 Å². The lowest BCUT2D eigenvalue weighted by molar-refractivity contribution is -0.124. The largest absolute Gasteiger partial charge is 0.497 e. The van der Waals surface area contributed by atoms with Gasteiger partial charge in [0.2, 0.25) is 0 Å². The molecule has 2 aromatic carbocycles. The number of amides is 1. The summed E-state index contributed by atoms with van der Waals surface area (Å²) in [5, 5.41) is 2.82. The summed E-state index contributed by atoms with van der Waals surface area (Å²) in [5.74, 6) is -0.233. The van der Waals surface area contributed by atoms with Crippen LogP contribution >= 0.6 is 0 Å². The molecule has 0 heterocycles. The quantitative estimate of drug-likeness (QED) is 0.785. The van der Waals surface area contributed by atoms with E-state index in [0.29, 0.717) is 11.3 Å². The Hall–Kier alpha value is -2.82. The van der Waals surface area contributed by atoms with E-state index in [9.17, 15) is 9.59 Å². The van der Waals surface area contributed by atoms with Gasteiger partial charge in [-0.1, -0.05) is 31.2 Å². The molecule has 1 N–H and O–H groups in total. The average molecular weight is 341 g/mol. The van der Waals surface area contributed by atoms with Gasteiger partial charge >= 0.3 is 5.97 Å². The lowest BCUT2D eigenvalue weighted by atomic mass is 10.1. The van der Waals surface area contributed by atoms with Gasteiger partial charge in [0.25, 0.3) is 5.91 Å². The van der Waals surface area contributed by atoms with Gasteiger partial charge in [-0.25, -0.2) is 4.79 Å². The van der Waals surface area contributed by atoms with E-state index in [1.54, 1.807) is 31.4 Å². The van der Waals surface area contributed by atoms with E-state index in [4.69, 9.17) is 9.47 Å². The van der Waals surface area contributed by atoms with Crippen molar-refractivity contribution in [3.8, 4) is 5.75 Å². The number of ether oxygens (including phenoxy) is 2. The van der Waals surface area contributed by atoms with Crippen LogP contribution in [0.4, 0.5) is 0 Å². The Balaban J connectivity index is 1.83. The molecule has 0 bridgehead atoms. The standard InChI is InChI=1S/C20H23NO4/c1-4-15-5-7-16(8-6-15)14(2)21-19(22)13-25-20(23)17-9-11-18(24-3)12-10-17/h5-12,14H,4,13H2,1-3H3,(H,21,22)/t14-/m0/s1. The van der Waals surface area contributed by atoms with Gasteiger partial charge in [-0.05, 0) is 48.7 Å². The molecule has 0 aromatic heterocycles. The summed E-state index contributed by atoms with van der Waals surface area (Å²) in [7, 11) is 1.55. The fourth-order valence-corrected chi connectivity index (χ4v) is 2.35. The smallest absolute Gasteiger partial charge is 0.338 e. The molecule has 5 heteroatoms. The molecule has 0 saturated carbocycles. The van der Waals surface area contributed by atoms with Crippen molar-refractivity contribution < 1.29 is 19.1 Å². The number of hydrogen-bond acceptors (Lipinski definition) is 4. The van der Waals surface area contributed by atoms with Gasteiger partial charge in [-0.3, -0.25) is 4.79 Å². The van der Waals surface area contributed by atoms with Crippen molar-refractivity contribution in [1.29, 1.82) is 0 Å². The van der Waals surface area contributed by atoms with Gasteiger partial charge in [0, 0.05) is 0 Å². The maximum atomic E-state index is 12.0. The Bertz CT molecular complexity index is 707. The van der Waals surface area contributed by atoms with E-state index in [-0.39, 0.29) is 18.6 Å². The molecule has 2 rings (SSSR count). The van der Waals surface area contributed by atoms with E-state index in [1.165, 1.54) is 5.56 Å². The number of methoxy groups -OCH3 is 1. The third-order valence-corrected chi connectivity index (χ3v) is 3.93. The Kier molecular flexibility index (Phi) is 6.57. The predicted molar refractivity (Wildman–Crippen MR) is 95.7 cm³/mol. The second-order valence-corrected chi connectivity index (χ2v) is 5.69. The Morgan fingerprint density at radius 3 is 2.24 bits per heavy atom. The van der Waals surface area contributed by atoms with Crippen LogP contribution in [0.3, 0.4) is 0 Å². The molecule has 5 nitrogen and oxygen atoms in total. The van der Waals surface area contributed by atoms with E-state index in [0.717, 1.165) is 12.0 Å². The van der Waals surface area contributed by atoms with Crippen molar-refractivity contribution in [3.63, 3.8) is 0 Å². The molecule has 1 atom stereocenters. The molecule has 2 aromatic rings. The predicted octanol–water partition coefficient (Wildman–Crippen LogP) is 3.29. The Morgan fingerprint density at radius 2 is 1.68 bits per heavy atom. The topological polar surface area (TPSA) is 64.6 Å². The van der Waals surface area contributed by atoms with Crippen LogP contribution in [0.1, 0.15) is 41.4 Å². The molecule has 0 unspecified atom stereocenters. The lowest BCUT2D eigenvalue weighted by Crippen LogP contribution is -2.31. The summed E-state index contributed by atoms with van der Waals surface area (Å²) in [4.78, 5) is 23.9. The zero-order chi connectivity index (χ0) is 18.2. The number of rotatable bonds is 7. The van der Waals surface area contributed by atoms with E-state index >= 15 is 0 Å². The number of benzene rings is 2. The van der Waals surface area contributed by atoms with Crippen LogP contribution in [0.15, 0.2) is 48.5 Å². The Labute approximate surface area is 148 Å². The highest BCUT2D eigenvalue weighted by atomic mass is 16.5. The summed E-state index contributed by atoms with van der Waals surface area (Å²) in [6, 6.07) is 14.4. The highest BCUT2D eigenvalue weighted by Gasteiger charge is 2.13. The lowest BCUT2D eigenvalue weighted by Gasteiger charge is -2.15. The average Bonchev–Trinajstić information content (AvgIpc) is 2.66. The van der Waals surface area contributed by atoms with Crippen LogP contribution < -0.4 is 10.1 Å². The zero-order valence-electron chi connectivity index (χ0n) is 14.7. The number of aryl methyl sites for hydroxylation is 1. The SMILES string of the molecule is CCc1ccc([C@H](C)NC(=O)COC(=O)c2ccc(OC)cc2)cc1. The first-order valence-electron chi connectivity index (χ1n) is 8.23. The van der Waals surface area contributed by atoms with Crippen molar-refractivity contribution in [2.45, 2.75) is 26.3 Å². The van der Waals surface area contributed by atoms with Crippen LogP contribution in [0.2, 0.25) is 0 Å². The Morgan fingerprint density at radius 1 is 1.04 bits per heavy atom. The first-order valence-corrected chi connectivity index (χ1v) is 8.23. The van der Waals surface area contributed by atoms with Gasteiger partial charge in [-0.15, -0.1) is 0 Å². The minimum Gasteiger partial charge on any atom is -0.497 e. The fraction of sp³-hybridized carbons (Fsp3) is 0.300. The maximum absolute atomic E-state index is 12.0. The van der Waals surface area contributed by atoms with Gasteiger partial charge in [0.05, 0.1) is 18.7 Å². The summed E-state index contributed by atoms with van der Waals surface area (Å²) in [5.41, 5.74) is 2.62. The van der Waals surface area contributed by atoms with Crippen LogP contribution in [0, 0.1) is 0 Å². The monoisotopic (exact) mass is 341 g/mol. The van der Waals surface area contributed by atoms with Crippen molar-refractivity contribution in [3.05, 3.63) is 65.2 Å². The van der Waals surface area contributed by atoms with Crippen LogP contribution in [0.25, 0.3) is 0 Å². The highest BCUT2D eigenvalue weighted by Crippen LogP contribution is 2.14. The molecular weight excluding hydrogens is 318 g/mol. The van der Waals surface area contributed by atoms with E-state index in [1.807, 2.05) is 31.2 Å². The van der Waals surface area contributed by atoms with Gasteiger partial charge in [-0.2, -0.15) is 0 Å². The molecular formula is C20H23NO4. The summed E-state index contributed by atoms with van der Waals surface area (Å²) >= 11 is 0. The normalized spacial score (nSPS) is 11.5. The second-order valence-electron chi connectivity index (χ2n) is 5.69. The third-order valence-electron chi connectivity index (χ3n) is 3.93. The minimum atomic E-state index is -0.544. The summed E-state index contributed by atoms with van der Waals surface area (Å²) in [6.45, 7) is 3.67. The van der Waals surface area contributed by atoms with E-state index in [2.05, 4.69) is 12.2 Å². The van der Waals surface area contributed by atoms with Gasteiger partial charge in [0.15, 0.2) is 6.61 Å². The number of hydrogen-bond donors (Lipinski definition) is 1. The van der Waals surface area contributed by atoms with E-state index < -0.39 is 5.97 Å². The fourth-order valence-electron chi connectivity index (χ4n) is 2.35. The number of nitrogens with one attached hydrogen (secondary N) is 1. The number of esters is 1. The number of carbonyl (C=O) groups is 2. The number of carbonyl (C=O) groups excluding carboxylic acids is 2. The molecule has 0 aliphatic carbocycles. The first kappa shape index (κ1) is 18.5. The van der Waals surface area contributed by atoms with Crippen LogP contribution in [-0.4, -0.2) is 25.6 Å². The minimum absolute atomic E-state index is 0.155. The zero-order valence-corrected chi connectivity index (χ0v) is 14.7. The first-order chi connectivity index (χ1) is 12.0. The molecule has 0 fully saturated rings.